The van der Waals surface area contributed by atoms with Gasteiger partial charge in [-0.15, -0.1) is 6.58 Å². The van der Waals surface area contributed by atoms with Crippen molar-refractivity contribution in [3.05, 3.63) is 45.6 Å². The molecule has 0 saturated heterocycles. The molecule has 1 nitrogen and oxygen atoms in total. The summed E-state index contributed by atoms with van der Waals surface area (Å²) in [6, 6.07) is 6.66. The fraction of sp³-hybridized carbons (Fsp3) is 0.333. The Balaban J connectivity index is 3.03. The average Bonchev–Trinajstić information content (AvgIpc) is 2.19. The van der Waals surface area contributed by atoms with Crippen molar-refractivity contribution in [1.82, 2.24) is 5.32 Å². The molecule has 0 aliphatic rings. The quantitative estimate of drug-likeness (QED) is 0.663. The molecule has 0 bridgehead atoms. The molecule has 1 rings (SSSR count). The molecule has 1 aromatic rings. The number of nitrogens with one attached hydrogen (secondary N) is 1. The Morgan fingerprint density at radius 2 is 2.29 bits per heavy atom. The van der Waals surface area contributed by atoms with Gasteiger partial charge < -0.3 is 5.32 Å². The second-order valence-corrected chi connectivity index (χ2v) is 4.33. The van der Waals surface area contributed by atoms with Crippen molar-refractivity contribution in [2.45, 2.75) is 19.9 Å². The first-order valence-electron chi connectivity index (χ1n) is 4.81. The van der Waals surface area contributed by atoms with Crippen LogP contribution in [0.1, 0.15) is 24.1 Å². The van der Waals surface area contributed by atoms with Gasteiger partial charge in [0.05, 0.1) is 6.04 Å². The Labute approximate surface area is 99.7 Å². The minimum absolute atomic E-state index is 0.270. The normalized spacial score (nSPS) is 12.5. The van der Waals surface area contributed by atoms with E-state index in [0.717, 1.165) is 6.54 Å². The zero-order valence-electron chi connectivity index (χ0n) is 8.68. The molecular formula is C12H16IN. The minimum atomic E-state index is 0.270. The van der Waals surface area contributed by atoms with Gasteiger partial charge in [0.1, 0.15) is 0 Å². The maximum atomic E-state index is 3.86. The van der Waals surface area contributed by atoms with E-state index in [9.17, 15) is 0 Å². The molecule has 0 saturated carbocycles. The minimum Gasteiger partial charge on any atom is -0.307 e. The second-order valence-electron chi connectivity index (χ2n) is 3.25. The van der Waals surface area contributed by atoms with Gasteiger partial charge in [-0.2, -0.15) is 0 Å². The molecule has 1 atom stereocenters. The highest BCUT2D eigenvalue weighted by Gasteiger charge is 2.10. The van der Waals surface area contributed by atoms with Crippen molar-refractivity contribution < 1.29 is 0 Å². The van der Waals surface area contributed by atoms with Crippen LogP contribution in [0.25, 0.3) is 0 Å². The molecular weight excluding hydrogens is 285 g/mol. The average molecular weight is 301 g/mol. The van der Waals surface area contributed by atoms with Crippen LogP contribution in [-0.2, 0) is 0 Å². The van der Waals surface area contributed by atoms with E-state index >= 15 is 0 Å². The largest absolute Gasteiger partial charge is 0.307 e. The van der Waals surface area contributed by atoms with E-state index in [4.69, 9.17) is 0 Å². The SMILES string of the molecule is C=CC(NCC)c1cccc(C)c1I. The fourth-order valence-electron chi connectivity index (χ4n) is 1.45. The van der Waals surface area contributed by atoms with E-state index < -0.39 is 0 Å². The van der Waals surface area contributed by atoms with Gasteiger partial charge in [0.25, 0.3) is 0 Å². The molecule has 0 aliphatic carbocycles. The first-order valence-corrected chi connectivity index (χ1v) is 5.89. The molecule has 0 amide bonds. The number of halogens is 1. The topological polar surface area (TPSA) is 12.0 Å². The third-order valence-corrected chi connectivity index (χ3v) is 3.69. The first-order chi connectivity index (χ1) is 6.70. The van der Waals surface area contributed by atoms with E-state index in [2.05, 4.69) is 66.5 Å². The molecule has 0 aromatic heterocycles. The third kappa shape index (κ3) is 2.58. The van der Waals surface area contributed by atoms with Crippen LogP contribution in [0.4, 0.5) is 0 Å². The van der Waals surface area contributed by atoms with Crippen molar-refractivity contribution in [3.63, 3.8) is 0 Å². The van der Waals surface area contributed by atoms with Gasteiger partial charge in [-0.05, 0) is 47.2 Å². The van der Waals surface area contributed by atoms with Gasteiger partial charge in [-0.3, -0.25) is 0 Å². The van der Waals surface area contributed by atoms with Crippen molar-refractivity contribution in [2.24, 2.45) is 0 Å². The summed E-state index contributed by atoms with van der Waals surface area (Å²) in [5.74, 6) is 0. The van der Waals surface area contributed by atoms with E-state index in [1.807, 2.05) is 6.08 Å². The Morgan fingerprint density at radius 1 is 1.57 bits per heavy atom. The standard InChI is InChI=1S/C12H16IN/c1-4-11(14-5-2)10-8-6-7-9(3)12(10)13/h4,6-8,11,14H,1,5H2,2-3H3. The van der Waals surface area contributed by atoms with Crippen LogP contribution in [0, 0.1) is 10.5 Å². The highest BCUT2D eigenvalue weighted by molar-refractivity contribution is 14.1. The van der Waals surface area contributed by atoms with E-state index in [1.54, 1.807) is 0 Å². The molecule has 2 heteroatoms. The molecule has 1 aromatic carbocycles. The number of likely N-dealkylation sites (N-methyl/N-ethyl adjacent to an activating group) is 1. The van der Waals surface area contributed by atoms with Crippen LogP contribution in [0.3, 0.4) is 0 Å². The molecule has 1 unspecified atom stereocenters. The Morgan fingerprint density at radius 3 is 2.86 bits per heavy atom. The summed E-state index contributed by atoms with van der Waals surface area (Å²) in [5, 5.41) is 3.39. The zero-order valence-corrected chi connectivity index (χ0v) is 10.8. The van der Waals surface area contributed by atoms with Crippen LogP contribution in [0.2, 0.25) is 0 Å². The number of aryl methyl sites for hydroxylation is 1. The summed E-state index contributed by atoms with van der Waals surface area (Å²) >= 11 is 2.40. The van der Waals surface area contributed by atoms with Crippen LogP contribution in [0.5, 0.6) is 0 Å². The molecule has 1 N–H and O–H groups in total. The van der Waals surface area contributed by atoms with Gasteiger partial charge >= 0.3 is 0 Å². The lowest BCUT2D eigenvalue weighted by Gasteiger charge is -2.16. The predicted octanol–water partition coefficient (Wildman–Crippen LogP) is 3.44. The maximum absolute atomic E-state index is 3.86. The smallest absolute Gasteiger partial charge is 0.0514 e. The Kier molecular flexibility index (Phi) is 4.62. The van der Waals surface area contributed by atoms with Gasteiger partial charge in [0.15, 0.2) is 0 Å². The molecule has 0 aliphatic heterocycles. The molecule has 0 fully saturated rings. The molecule has 76 valence electrons. The fourth-order valence-corrected chi connectivity index (χ4v) is 2.15. The van der Waals surface area contributed by atoms with E-state index in [0.29, 0.717) is 0 Å². The summed E-state index contributed by atoms with van der Waals surface area (Å²) < 4.78 is 1.33. The van der Waals surface area contributed by atoms with Crippen LogP contribution in [-0.4, -0.2) is 6.54 Å². The predicted molar refractivity (Wildman–Crippen MR) is 70.5 cm³/mol. The summed E-state index contributed by atoms with van der Waals surface area (Å²) in [6.07, 6.45) is 1.96. The van der Waals surface area contributed by atoms with Crippen molar-refractivity contribution in [2.75, 3.05) is 6.54 Å². The number of hydrogen-bond acceptors (Lipinski definition) is 1. The molecule has 14 heavy (non-hydrogen) atoms. The molecule has 0 heterocycles. The second kappa shape index (κ2) is 5.51. The number of benzene rings is 1. The van der Waals surface area contributed by atoms with E-state index in [-0.39, 0.29) is 6.04 Å². The van der Waals surface area contributed by atoms with Crippen molar-refractivity contribution >= 4 is 22.6 Å². The number of hydrogen-bond donors (Lipinski definition) is 1. The zero-order chi connectivity index (χ0) is 10.6. The van der Waals surface area contributed by atoms with Crippen LogP contribution >= 0.6 is 22.6 Å². The lowest BCUT2D eigenvalue weighted by atomic mass is 10.0. The van der Waals surface area contributed by atoms with Crippen molar-refractivity contribution in [3.8, 4) is 0 Å². The summed E-state index contributed by atoms with van der Waals surface area (Å²) in [6.45, 7) is 9.07. The first kappa shape index (κ1) is 11.7. The maximum Gasteiger partial charge on any atom is 0.0514 e. The van der Waals surface area contributed by atoms with Gasteiger partial charge in [0.2, 0.25) is 0 Å². The van der Waals surface area contributed by atoms with Gasteiger partial charge in [-0.1, -0.05) is 31.2 Å². The lowest BCUT2D eigenvalue weighted by molar-refractivity contribution is 0.646. The number of rotatable bonds is 4. The molecule has 0 radical (unpaired) electrons. The van der Waals surface area contributed by atoms with Crippen LogP contribution in [0.15, 0.2) is 30.9 Å². The summed E-state index contributed by atoms with van der Waals surface area (Å²) in [5.41, 5.74) is 2.65. The monoisotopic (exact) mass is 301 g/mol. The Hall–Kier alpha value is -0.350. The third-order valence-electron chi connectivity index (χ3n) is 2.22. The van der Waals surface area contributed by atoms with Crippen LogP contribution < -0.4 is 5.32 Å². The van der Waals surface area contributed by atoms with Gasteiger partial charge in [0, 0.05) is 3.57 Å². The van der Waals surface area contributed by atoms with Crippen molar-refractivity contribution in [1.29, 1.82) is 0 Å². The molecule has 0 spiro atoms. The highest BCUT2D eigenvalue weighted by atomic mass is 127. The van der Waals surface area contributed by atoms with Gasteiger partial charge in [-0.25, -0.2) is 0 Å². The van der Waals surface area contributed by atoms with E-state index in [1.165, 1.54) is 14.7 Å². The Bertz CT molecular complexity index is 320. The summed E-state index contributed by atoms with van der Waals surface area (Å²) in [7, 11) is 0. The summed E-state index contributed by atoms with van der Waals surface area (Å²) in [4.78, 5) is 0. The lowest BCUT2D eigenvalue weighted by Crippen LogP contribution is -2.19. The highest BCUT2D eigenvalue weighted by Crippen LogP contribution is 2.23.